The molecule has 0 atom stereocenters. The molecule has 0 aliphatic carbocycles. The summed E-state index contributed by atoms with van der Waals surface area (Å²) in [5, 5.41) is 0. The van der Waals surface area contributed by atoms with E-state index >= 15 is 0 Å². The van der Waals surface area contributed by atoms with Gasteiger partial charge in [0.05, 0.1) is 0 Å². The van der Waals surface area contributed by atoms with Gasteiger partial charge in [-0.25, -0.2) is 0 Å². The summed E-state index contributed by atoms with van der Waals surface area (Å²) in [6.07, 6.45) is 12.8. The maximum atomic E-state index is 11.1. The summed E-state index contributed by atoms with van der Waals surface area (Å²) in [5.41, 5.74) is 7.29. The van der Waals surface area contributed by atoms with Crippen LogP contribution in [0.25, 0.3) is 0 Å². The minimum Gasteiger partial charge on any atom is -0.417 e. The van der Waals surface area contributed by atoms with Crippen LogP contribution in [0.3, 0.4) is 0 Å². The Morgan fingerprint density at radius 3 is 1.06 bits per heavy atom. The SMILES string of the molecule is CCCCc1cc(C)cc(CCCC)c1OP(O)Oc1c(CCCC)cc(C)cc1CCCC. The Hall–Kier alpha value is -1.57. The van der Waals surface area contributed by atoms with E-state index in [1.807, 2.05) is 0 Å². The molecule has 0 unspecified atom stereocenters. The van der Waals surface area contributed by atoms with Gasteiger partial charge in [0, 0.05) is 0 Å². The number of hydrogen-bond donors (Lipinski definition) is 1. The fourth-order valence-corrected chi connectivity index (χ4v) is 5.30. The topological polar surface area (TPSA) is 38.7 Å². The van der Waals surface area contributed by atoms with Gasteiger partial charge in [-0.05, 0) is 87.5 Å². The zero-order valence-electron chi connectivity index (χ0n) is 22.5. The smallest absolute Gasteiger partial charge is 0.417 e. The number of hydrogen-bond acceptors (Lipinski definition) is 3. The van der Waals surface area contributed by atoms with Crippen LogP contribution in [0.2, 0.25) is 0 Å². The largest absolute Gasteiger partial charge is 0.460 e. The number of rotatable bonds is 16. The normalized spacial score (nSPS) is 11.3. The van der Waals surface area contributed by atoms with Crippen LogP contribution in [0, 0.1) is 13.8 Å². The molecule has 0 aliphatic heterocycles. The molecule has 2 aromatic carbocycles. The van der Waals surface area contributed by atoms with Crippen LogP contribution in [0.15, 0.2) is 24.3 Å². The first kappa shape index (κ1) is 28.7. The van der Waals surface area contributed by atoms with E-state index in [9.17, 15) is 4.89 Å². The van der Waals surface area contributed by atoms with E-state index in [0.717, 1.165) is 88.5 Å². The summed E-state index contributed by atoms with van der Waals surface area (Å²) in [7, 11) is -2.08. The fraction of sp³-hybridized carbons (Fsp3) is 0.600. The minimum atomic E-state index is -2.08. The first-order valence-electron chi connectivity index (χ1n) is 13.5. The molecule has 2 aromatic rings. The molecule has 4 heteroatoms. The van der Waals surface area contributed by atoms with Gasteiger partial charge in [-0.2, -0.15) is 0 Å². The van der Waals surface area contributed by atoms with Crippen molar-refractivity contribution in [3.05, 3.63) is 57.6 Å². The first-order valence-corrected chi connectivity index (χ1v) is 14.7. The third-order valence-corrected chi connectivity index (χ3v) is 6.99. The maximum Gasteiger partial charge on any atom is 0.460 e. The molecule has 0 fully saturated rings. The van der Waals surface area contributed by atoms with Crippen molar-refractivity contribution in [3.8, 4) is 11.5 Å². The van der Waals surface area contributed by atoms with Crippen molar-refractivity contribution in [3.63, 3.8) is 0 Å². The summed E-state index contributed by atoms with van der Waals surface area (Å²) >= 11 is 0. The Kier molecular flexibility index (Phi) is 13.0. The standard InChI is InChI=1S/C30H47O3P/c1-7-11-15-25-19-23(5)20-26(16-12-8-2)29(25)32-34(31)33-30-27(17-13-9-3)21-24(6)22-28(30)18-14-10-4/h19-22,31H,7-18H2,1-6H3. The summed E-state index contributed by atoms with van der Waals surface area (Å²) in [5.74, 6) is 1.69. The van der Waals surface area contributed by atoms with Crippen LogP contribution < -0.4 is 9.05 Å². The van der Waals surface area contributed by atoms with Gasteiger partial charge in [0.2, 0.25) is 0 Å². The van der Waals surface area contributed by atoms with Gasteiger partial charge >= 0.3 is 8.60 Å². The number of benzene rings is 2. The Labute approximate surface area is 210 Å². The molecule has 0 saturated carbocycles. The van der Waals surface area contributed by atoms with Crippen LogP contribution in [0.1, 0.15) is 112 Å². The van der Waals surface area contributed by atoms with Gasteiger partial charge in [0.25, 0.3) is 0 Å². The van der Waals surface area contributed by atoms with E-state index in [2.05, 4.69) is 65.8 Å². The lowest BCUT2D eigenvalue weighted by Crippen LogP contribution is -2.05. The molecule has 1 N–H and O–H groups in total. The monoisotopic (exact) mass is 486 g/mol. The Morgan fingerprint density at radius 1 is 0.559 bits per heavy atom. The number of aryl methyl sites for hydroxylation is 6. The molecule has 0 bridgehead atoms. The Bertz CT molecular complexity index is 748. The van der Waals surface area contributed by atoms with Crippen LogP contribution in [0.4, 0.5) is 0 Å². The van der Waals surface area contributed by atoms with Gasteiger partial charge in [-0.15, -0.1) is 0 Å². The van der Waals surface area contributed by atoms with Crippen LogP contribution in [-0.4, -0.2) is 4.89 Å². The second-order valence-corrected chi connectivity index (χ2v) is 10.5. The third kappa shape index (κ3) is 8.90. The van der Waals surface area contributed by atoms with Crippen molar-refractivity contribution < 1.29 is 13.9 Å². The molecule has 0 spiro atoms. The molecule has 0 aliphatic rings. The lowest BCUT2D eigenvalue weighted by atomic mass is 9.97. The predicted octanol–water partition coefficient (Wildman–Crippen LogP) is 9.35. The number of unbranched alkanes of at least 4 members (excludes halogenated alkanes) is 4. The van der Waals surface area contributed by atoms with Crippen LogP contribution in [-0.2, 0) is 25.7 Å². The zero-order chi connectivity index (χ0) is 24.9. The van der Waals surface area contributed by atoms with Gasteiger partial charge in [0.15, 0.2) is 0 Å². The van der Waals surface area contributed by atoms with Gasteiger partial charge in [-0.1, -0.05) is 88.8 Å². The third-order valence-electron chi connectivity index (χ3n) is 6.31. The second-order valence-electron chi connectivity index (χ2n) is 9.66. The maximum absolute atomic E-state index is 11.1. The first-order chi connectivity index (χ1) is 16.4. The van der Waals surface area contributed by atoms with Crippen molar-refractivity contribution in [2.45, 2.75) is 119 Å². The van der Waals surface area contributed by atoms with Crippen molar-refractivity contribution >= 4 is 8.60 Å². The molecule has 0 heterocycles. The zero-order valence-corrected chi connectivity index (χ0v) is 23.4. The summed E-state index contributed by atoms with van der Waals surface area (Å²) in [4.78, 5) is 11.1. The quantitative estimate of drug-likeness (QED) is 0.240. The fourth-order valence-electron chi connectivity index (χ4n) is 4.48. The van der Waals surface area contributed by atoms with Crippen LogP contribution >= 0.6 is 8.60 Å². The van der Waals surface area contributed by atoms with E-state index in [-0.39, 0.29) is 0 Å². The lowest BCUT2D eigenvalue weighted by molar-refractivity contribution is 0.374. The molecular weight excluding hydrogens is 439 g/mol. The van der Waals surface area contributed by atoms with E-state index in [1.165, 1.54) is 33.4 Å². The summed E-state index contributed by atoms with van der Waals surface area (Å²) in [6, 6.07) is 8.87. The average Bonchev–Trinajstić information content (AvgIpc) is 2.81. The second kappa shape index (κ2) is 15.4. The molecule has 34 heavy (non-hydrogen) atoms. The van der Waals surface area contributed by atoms with Gasteiger partial charge in [0.1, 0.15) is 11.5 Å². The highest BCUT2D eigenvalue weighted by Crippen LogP contribution is 2.44. The predicted molar refractivity (Wildman–Crippen MR) is 147 cm³/mol. The average molecular weight is 487 g/mol. The van der Waals surface area contributed by atoms with Crippen molar-refractivity contribution in [2.75, 3.05) is 0 Å². The van der Waals surface area contributed by atoms with Crippen molar-refractivity contribution in [2.24, 2.45) is 0 Å². The summed E-state index contributed by atoms with van der Waals surface area (Å²) in [6.45, 7) is 13.2. The van der Waals surface area contributed by atoms with E-state index in [1.54, 1.807) is 0 Å². The molecule has 2 rings (SSSR count). The molecule has 0 amide bonds. The van der Waals surface area contributed by atoms with E-state index < -0.39 is 8.60 Å². The van der Waals surface area contributed by atoms with Crippen LogP contribution in [0.5, 0.6) is 11.5 Å². The minimum absolute atomic E-state index is 0.846. The van der Waals surface area contributed by atoms with Gasteiger partial charge in [-0.3, -0.25) is 0 Å². The van der Waals surface area contributed by atoms with E-state index in [4.69, 9.17) is 9.05 Å². The van der Waals surface area contributed by atoms with Crippen molar-refractivity contribution in [1.29, 1.82) is 0 Å². The molecule has 190 valence electrons. The summed E-state index contributed by atoms with van der Waals surface area (Å²) < 4.78 is 12.6. The Balaban J connectivity index is 2.37. The molecule has 0 radical (unpaired) electrons. The molecule has 0 aromatic heterocycles. The molecule has 3 nitrogen and oxygen atoms in total. The molecule has 0 saturated heterocycles. The van der Waals surface area contributed by atoms with E-state index in [0.29, 0.717) is 0 Å². The highest BCUT2D eigenvalue weighted by molar-refractivity contribution is 7.41. The van der Waals surface area contributed by atoms with Gasteiger partial charge < -0.3 is 13.9 Å². The Morgan fingerprint density at radius 2 is 0.824 bits per heavy atom. The highest BCUT2D eigenvalue weighted by atomic mass is 31.2. The lowest BCUT2D eigenvalue weighted by Gasteiger charge is -2.22. The highest BCUT2D eigenvalue weighted by Gasteiger charge is 2.22. The van der Waals surface area contributed by atoms with Crippen molar-refractivity contribution in [1.82, 2.24) is 0 Å². The molecular formula is C30H47O3P.